The lowest BCUT2D eigenvalue weighted by molar-refractivity contribution is 0.0968. The first-order valence-electron chi connectivity index (χ1n) is 9.99. The van der Waals surface area contributed by atoms with Gasteiger partial charge in [-0.05, 0) is 55.7 Å². The molecule has 8 heteroatoms. The average molecular weight is 448 g/mol. The molecule has 0 saturated carbocycles. The van der Waals surface area contributed by atoms with Crippen molar-refractivity contribution in [3.05, 3.63) is 96.5 Å². The second kappa shape index (κ2) is 8.39. The summed E-state index contributed by atoms with van der Waals surface area (Å²) in [5.74, 6) is -0.706. The molecule has 0 bridgehead atoms. The Morgan fingerprint density at radius 1 is 1.00 bits per heavy atom. The van der Waals surface area contributed by atoms with E-state index >= 15 is 0 Å². The molecule has 162 valence electrons. The number of aromatic nitrogens is 2. The van der Waals surface area contributed by atoms with Gasteiger partial charge >= 0.3 is 5.69 Å². The van der Waals surface area contributed by atoms with Crippen LogP contribution in [0.3, 0.4) is 0 Å². The molecule has 0 aliphatic rings. The highest BCUT2D eigenvalue weighted by molar-refractivity contribution is 7.20. The number of fused-ring (bicyclic) bond motifs is 1. The van der Waals surface area contributed by atoms with E-state index in [9.17, 15) is 19.2 Å². The number of ketones is 1. The molecule has 2 aromatic heterocycles. The average Bonchev–Trinajstić information content (AvgIpc) is 3.09. The van der Waals surface area contributed by atoms with Crippen LogP contribution in [-0.4, -0.2) is 21.2 Å². The highest BCUT2D eigenvalue weighted by atomic mass is 32.1. The number of Topliss-reactive ketones (excluding diaryl/α,β-unsaturated/α-hetero) is 1. The van der Waals surface area contributed by atoms with Crippen LogP contribution in [0.15, 0.2) is 58.1 Å². The topological polar surface area (TPSA) is 101 Å². The van der Waals surface area contributed by atoms with E-state index in [0.29, 0.717) is 26.5 Å². The molecule has 4 rings (SSSR count). The van der Waals surface area contributed by atoms with Crippen molar-refractivity contribution in [2.24, 2.45) is 0 Å². The van der Waals surface area contributed by atoms with Gasteiger partial charge in [-0.3, -0.25) is 23.9 Å². The quantitative estimate of drug-likeness (QED) is 0.454. The standard InChI is InChI=1S/C24H21N3O4S/c1-13-9-10-16(11-14(13)2)18(28)12-27-23(30)19-15(3)20(32-22(19)26-24(27)31)21(29)25-17-7-5-4-6-8-17/h4-11H,12H2,1-3H3,(H,25,29)(H,26,31). The van der Waals surface area contributed by atoms with Gasteiger partial charge in [-0.15, -0.1) is 11.3 Å². The number of aromatic amines is 1. The van der Waals surface area contributed by atoms with Crippen LogP contribution in [0.2, 0.25) is 0 Å². The Balaban J connectivity index is 1.71. The molecule has 0 aliphatic heterocycles. The molecule has 32 heavy (non-hydrogen) atoms. The molecule has 0 spiro atoms. The zero-order valence-electron chi connectivity index (χ0n) is 17.8. The van der Waals surface area contributed by atoms with Crippen LogP contribution in [0, 0.1) is 20.8 Å². The van der Waals surface area contributed by atoms with E-state index in [1.807, 2.05) is 26.0 Å². The van der Waals surface area contributed by atoms with Gasteiger partial charge in [0.05, 0.1) is 16.8 Å². The summed E-state index contributed by atoms with van der Waals surface area (Å²) in [4.78, 5) is 54.5. The molecule has 0 radical (unpaired) electrons. The number of rotatable bonds is 5. The molecule has 2 N–H and O–H groups in total. The number of benzene rings is 2. The van der Waals surface area contributed by atoms with Gasteiger partial charge in [-0.1, -0.05) is 30.3 Å². The third kappa shape index (κ3) is 3.92. The van der Waals surface area contributed by atoms with Crippen molar-refractivity contribution in [3.8, 4) is 0 Å². The monoisotopic (exact) mass is 447 g/mol. The van der Waals surface area contributed by atoms with Crippen LogP contribution in [0.1, 0.15) is 36.7 Å². The summed E-state index contributed by atoms with van der Waals surface area (Å²) in [6.07, 6.45) is 0. The van der Waals surface area contributed by atoms with Crippen molar-refractivity contribution in [3.63, 3.8) is 0 Å². The van der Waals surface area contributed by atoms with E-state index in [1.54, 1.807) is 43.3 Å². The van der Waals surface area contributed by atoms with E-state index < -0.39 is 11.2 Å². The molecule has 7 nitrogen and oxygen atoms in total. The van der Waals surface area contributed by atoms with Crippen LogP contribution in [-0.2, 0) is 6.54 Å². The summed E-state index contributed by atoms with van der Waals surface area (Å²) in [5.41, 5.74) is 2.25. The predicted octanol–water partition coefficient (Wildman–Crippen LogP) is 3.81. The van der Waals surface area contributed by atoms with Gasteiger partial charge in [-0.2, -0.15) is 0 Å². The summed E-state index contributed by atoms with van der Waals surface area (Å²) in [6.45, 7) is 5.12. The molecule has 2 aromatic carbocycles. The molecule has 0 fully saturated rings. The van der Waals surface area contributed by atoms with Crippen LogP contribution >= 0.6 is 11.3 Å². The minimum Gasteiger partial charge on any atom is -0.321 e. The summed E-state index contributed by atoms with van der Waals surface area (Å²) in [6, 6.07) is 14.2. The SMILES string of the molecule is Cc1ccc(C(=O)Cn2c(=O)[nH]c3sc(C(=O)Nc4ccccc4)c(C)c3c2=O)cc1C. The molecule has 0 saturated heterocycles. The van der Waals surface area contributed by atoms with Crippen molar-refractivity contribution < 1.29 is 9.59 Å². The van der Waals surface area contributed by atoms with Gasteiger partial charge < -0.3 is 5.32 Å². The van der Waals surface area contributed by atoms with E-state index in [2.05, 4.69) is 10.3 Å². The number of carbonyl (C=O) groups is 2. The lowest BCUT2D eigenvalue weighted by atomic mass is 10.0. The van der Waals surface area contributed by atoms with Gasteiger partial charge in [0, 0.05) is 11.3 Å². The molecule has 0 aliphatic carbocycles. The van der Waals surface area contributed by atoms with Gasteiger partial charge in [0.2, 0.25) is 0 Å². The summed E-state index contributed by atoms with van der Waals surface area (Å²) in [5, 5.41) is 3.03. The zero-order valence-corrected chi connectivity index (χ0v) is 18.6. The Morgan fingerprint density at radius 2 is 1.72 bits per heavy atom. The van der Waals surface area contributed by atoms with E-state index in [4.69, 9.17) is 0 Å². The number of para-hydroxylation sites is 1. The lowest BCUT2D eigenvalue weighted by Gasteiger charge is -2.07. The Kier molecular flexibility index (Phi) is 5.63. The first-order chi connectivity index (χ1) is 15.3. The number of H-pyrrole nitrogens is 1. The smallest absolute Gasteiger partial charge is 0.321 e. The number of hydrogen-bond acceptors (Lipinski definition) is 5. The highest BCUT2D eigenvalue weighted by Gasteiger charge is 2.21. The van der Waals surface area contributed by atoms with Crippen molar-refractivity contribution in [1.82, 2.24) is 9.55 Å². The van der Waals surface area contributed by atoms with Crippen LogP contribution in [0.4, 0.5) is 5.69 Å². The minimum absolute atomic E-state index is 0.237. The number of nitrogens with zero attached hydrogens (tertiary/aromatic N) is 1. The van der Waals surface area contributed by atoms with Gasteiger partial charge in [-0.25, -0.2) is 4.79 Å². The largest absolute Gasteiger partial charge is 0.329 e. The second-order valence-corrected chi connectivity index (χ2v) is 8.64. The van der Waals surface area contributed by atoms with Crippen LogP contribution in [0.25, 0.3) is 10.2 Å². The predicted molar refractivity (Wildman–Crippen MR) is 126 cm³/mol. The van der Waals surface area contributed by atoms with Gasteiger partial charge in [0.15, 0.2) is 5.78 Å². The maximum atomic E-state index is 13.1. The summed E-state index contributed by atoms with van der Waals surface area (Å²) >= 11 is 1.04. The van der Waals surface area contributed by atoms with Gasteiger partial charge in [0.25, 0.3) is 11.5 Å². The van der Waals surface area contributed by atoms with Crippen LogP contribution in [0.5, 0.6) is 0 Å². The molecule has 0 unspecified atom stereocenters. The number of nitrogens with one attached hydrogen (secondary N) is 2. The third-order valence-corrected chi connectivity index (χ3v) is 6.65. The molecule has 2 heterocycles. The third-order valence-electron chi connectivity index (χ3n) is 5.44. The van der Waals surface area contributed by atoms with E-state index in [-0.39, 0.29) is 23.6 Å². The number of amides is 1. The Morgan fingerprint density at radius 3 is 2.41 bits per heavy atom. The van der Waals surface area contributed by atoms with Gasteiger partial charge in [0.1, 0.15) is 4.83 Å². The Bertz CT molecular complexity index is 1480. The number of hydrogen-bond donors (Lipinski definition) is 2. The highest BCUT2D eigenvalue weighted by Crippen LogP contribution is 2.27. The molecular weight excluding hydrogens is 426 g/mol. The van der Waals surface area contributed by atoms with Crippen LogP contribution < -0.4 is 16.6 Å². The molecular formula is C24H21N3O4S. The van der Waals surface area contributed by atoms with Crippen molar-refractivity contribution >= 4 is 38.9 Å². The molecule has 1 amide bonds. The molecule has 4 aromatic rings. The fourth-order valence-corrected chi connectivity index (χ4v) is 4.55. The summed E-state index contributed by atoms with van der Waals surface area (Å²) < 4.78 is 0.887. The van der Waals surface area contributed by atoms with Crippen molar-refractivity contribution in [2.45, 2.75) is 27.3 Å². The van der Waals surface area contributed by atoms with E-state index in [0.717, 1.165) is 27.0 Å². The molecule has 0 atom stereocenters. The normalized spacial score (nSPS) is 11.0. The van der Waals surface area contributed by atoms with E-state index in [1.165, 1.54) is 0 Å². The maximum absolute atomic E-state index is 13.1. The van der Waals surface area contributed by atoms with Crippen molar-refractivity contribution in [1.29, 1.82) is 0 Å². The fourth-order valence-electron chi connectivity index (χ4n) is 3.47. The van der Waals surface area contributed by atoms with Crippen molar-refractivity contribution in [2.75, 3.05) is 5.32 Å². The first-order valence-corrected chi connectivity index (χ1v) is 10.8. The zero-order chi connectivity index (χ0) is 23.0. The Hall–Kier alpha value is -3.78. The number of thiophene rings is 1. The Labute approximate surface area is 187 Å². The second-order valence-electron chi connectivity index (χ2n) is 7.62. The number of carbonyl (C=O) groups excluding carboxylic acids is 2. The first kappa shape index (κ1) is 21.5. The lowest BCUT2D eigenvalue weighted by Crippen LogP contribution is -2.37. The minimum atomic E-state index is -0.684. The number of anilines is 1. The number of aryl methyl sites for hydroxylation is 3. The summed E-state index contributed by atoms with van der Waals surface area (Å²) in [7, 11) is 0. The fraction of sp³-hybridized carbons (Fsp3) is 0.167. The maximum Gasteiger partial charge on any atom is 0.329 e.